The minimum Gasteiger partial charge on any atom is -0.494 e. The summed E-state index contributed by atoms with van der Waals surface area (Å²) in [7, 11) is -2.86. The average molecular weight is 322 g/mol. The number of sulfonamides is 1. The molecule has 110 valence electrons. The highest BCUT2D eigenvalue weighted by Crippen LogP contribution is 2.32. The fourth-order valence-corrected chi connectivity index (χ4v) is 2.66. The molecule has 0 amide bonds. The first kappa shape index (κ1) is 15.0. The van der Waals surface area contributed by atoms with Crippen LogP contribution in [0.4, 0.5) is 0 Å². The van der Waals surface area contributed by atoms with Gasteiger partial charge in [-0.05, 0) is 12.1 Å². The van der Waals surface area contributed by atoms with E-state index in [2.05, 4.69) is 0 Å². The smallest absolute Gasteiger partial charge is 0.342 e. The van der Waals surface area contributed by atoms with Crippen molar-refractivity contribution >= 4 is 27.6 Å². The van der Waals surface area contributed by atoms with Crippen LogP contribution in [-0.4, -0.2) is 40.8 Å². The summed E-state index contributed by atoms with van der Waals surface area (Å²) in [4.78, 5) is 11.6. The van der Waals surface area contributed by atoms with Gasteiger partial charge in [0.05, 0.1) is 20.3 Å². The molecule has 0 bridgehead atoms. The molecule has 9 heteroatoms. The number of methoxy groups -OCH3 is 1. The summed E-state index contributed by atoms with van der Waals surface area (Å²) < 4.78 is 37.9. The maximum atomic E-state index is 12.0. The van der Waals surface area contributed by atoms with E-state index in [9.17, 15) is 13.2 Å². The molecular formula is C11H12ClNO6S. The molecule has 2 rings (SSSR count). The van der Waals surface area contributed by atoms with Gasteiger partial charge in [-0.2, -0.15) is 0 Å². The Labute approximate surface area is 120 Å². The van der Waals surface area contributed by atoms with Crippen molar-refractivity contribution in [2.45, 2.75) is 11.0 Å². The van der Waals surface area contributed by atoms with E-state index in [-0.39, 0.29) is 27.3 Å². The molecule has 20 heavy (non-hydrogen) atoms. The monoisotopic (exact) mass is 321 g/mol. The molecule has 1 aromatic carbocycles. The topological polar surface area (TPSA) is 105 Å². The van der Waals surface area contributed by atoms with Crippen LogP contribution in [0.2, 0.25) is 5.02 Å². The lowest BCUT2D eigenvalue weighted by Crippen LogP contribution is -2.37. The van der Waals surface area contributed by atoms with E-state index < -0.39 is 16.0 Å². The Bertz CT molecular complexity index is 641. The molecular weight excluding hydrogens is 310 g/mol. The summed E-state index contributed by atoms with van der Waals surface area (Å²) in [5.74, 6) is -0.940. The zero-order valence-corrected chi connectivity index (χ0v) is 12.0. The SMILES string of the molecule is COc1c(C(=O)OC2COC2)cc(Cl)cc1S(N)(=O)=O. The summed E-state index contributed by atoms with van der Waals surface area (Å²) in [6, 6.07) is 2.37. The van der Waals surface area contributed by atoms with Crippen LogP contribution in [0.15, 0.2) is 17.0 Å². The van der Waals surface area contributed by atoms with E-state index in [0.717, 1.165) is 6.07 Å². The fourth-order valence-electron chi connectivity index (χ4n) is 1.64. The Hall–Kier alpha value is -1.35. The Morgan fingerprint density at radius 1 is 1.45 bits per heavy atom. The maximum absolute atomic E-state index is 12.0. The predicted octanol–water partition coefficient (Wildman–Crippen LogP) is 0.552. The highest BCUT2D eigenvalue weighted by atomic mass is 35.5. The van der Waals surface area contributed by atoms with Gasteiger partial charge >= 0.3 is 5.97 Å². The van der Waals surface area contributed by atoms with E-state index in [1.54, 1.807) is 0 Å². The molecule has 0 atom stereocenters. The molecule has 0 aromatic heterocycles. The summed E-state index contributed by atoms with van der Waals surface area (Å²) in [5, 5.41) is 5.11. The number of primary sulfonamides is 1. The summed E-state index contributed by atoms with van der Waals surface area (Å²) in [5.41, 5.74) is -0.101. The minimum atomic E-state index is -4.09. The second-order valence-electron chi connectivity index (χ2n) is 4.09. The normalized spacial score (nSPS) is 15.6. The van der Waals surface area contributed by atoms with Gasteiger partial charge in [0, 0.05) is 5.02 Å². The number of ether oxygens (including phenoxy) is 3. The van der Waals surface area contributed by atoms with Crippen LogP contribution in [0, 0.1) is 0 Å². The number of rotatable bonds is 4. The number of carbonyl (C=O) groups excluding carboxylic acids is 1. The lowest BCUT2D eigenvalue weighted by Gasteiger charge is -2.26. The van der Waals surface area contributed by atoms with E-state index in [1.165, 1.54) is 13.2 Å². The number of carbonyl (C=O) groups is 1. The van der Waals surface area contributed by atoms with Crippen LogP contribution in [0.5, 0.6) is 5.75 Å². The first-order valence-corrected chi connectivity index (χ1v) is 7.44. The lowest BCUT2D eigenvalue weighted by molar-refractivity contribution is -0.103. The second-order valence-corrected chi connectivity index (χ2v) is 6.06. The van der Waals surface area contributed by atoms with Gasteiger partial charge in [-0.15, -0.1) is 0 Å². The zero-order chi connectivity index (χ0) is 14.9. The Morgan fingerprint density at radius 3 is 2.55 bits per heavy atom. The highest BCUT2D eigenvalue weighted by molar-refractivity contribution is 7.89. The first-order chi connectivity index (χ1) is 9.32. The van der Waals surface area contributed by atoms with Crippen LogP contribution < -0.4 is 9.88 Å². The van der Waals surface area contributed by atoms with Crippen molar-refractivity contribution in [1.82, 2.24) is 0 Å². The zero-order valence-electron chi connectivity index (χ0n) is 10.5. The van der Waals surface area contributed by atoms with E-state index in [4.69, 9.17) is 31.0 Å². The van der Waals surface area contributed by atoms with Crippen LogP contribution in [0.3, 0.4) is 0 Å². The molecule has 0 aliphatic carbocycles. The highest BCUT2D eigenvalue weighted by Gasteiger charge is 2.28. The van der Waals surface area contributed by atoms with Gasteiger partial charge < -0.3 is 14.2 Å². The predicted molar refractivity (Wildman–Crippen MR) is 69.4 cm³/mol. The first-order valence-electron chi connectivity index (χ1n) is 5.52. The molecule has 1 aliphatic heterocycles. The van der Waals surface area contributed by atoms with Crippen LogP contribution in [-0.2, 0) is 19.5 Å². The van der Waals surface area contributed by atoms with E-state index in [0.29, 0.717) is 13.2 Å². The Balaban J connectivity index is 2.45. The second kappa shape index (κ2) is 5.57. The Morgan fingerprint density at radius 2 is 2.10 bits per heavy atom. The Kier molecular flexibility index (Phi) is 4.19. The number of nitrogens with two attached hydrogens (primary N) is 1. The van der Waals surface area contributed by atoms with Crippen molar-refractivity contribution in [3.05, 3.63) is 22.7 Å². The molecule has 1 fully saturated rings. The van der Waals surface area contributed by atoms with E-state index in [1.807, 2.05) is 0 Å². The van der Waals surface area contributed by atoms with Gasteiger partial charge in [0.2, 0.25) is 10.0 Å². The van der Waals surface area contributed by atoms with Crippen molar-refractivity contribution in [1.29, 1.82) is 0 Å². The fraction of sp³-hybridized carbons (Fsp3) is 0.364. The van der Waals surface area contributed by atoms with E-state index >= 15 is 0 Å². The molecule has 0 radical (unpaired) electrons. The van der Waals surface area contributed by atoms with Crippen molar-refractivity contribution in [3.8, 4) is 5.75 Å². The molecule has 7 nitrogen and oxygen atoms in total. The third-order valence-corrected chi connectivity index (χ3v) is 3.77. The molecule has 1 aliphatic rings. The molecule has 0 saturated carbocycles. The third kappa shape index (κ3) is 3.04. The minimum absolute atomic E-state index is 0.0339. The van der Waals surface area contributed by atoms with Crippen molar-refractivity contribution in [2.75, 3.05) is 20.3 Å². The number of hydrogen-bond acceptors (Lipinski definition) is 6. The summed E-state index contributed by atoms with van der Waals surface area (Å²) in [6.45, 7) is 0.604. The molecule has 0 spiro atoms. The van der Waals surface area contributed by atoms with Crippen molar-refractivity contribution in [3.63, 3.8) is 0 Å². The van der Waals surface area contributed by atoms with Gasteiger partial charge in [-0.25, -0.2) is 18.4 Å². The molecule has 0 unspecified atom stereocenters. The molecule has 2 N–H and O–H groups in total. The van der Waals surface area contributed by atoms with Crippen molar-refractivity contribution < 1.29 is 27.4 Å². The van der Waals surface area contributed by atoms with Gasteiger partial charge in [0.15, 0.2) is 5.75 Å². The van der Waals surface area contributed by atoms with Crippen molar-refractivity contribution in [2.24, 2.45) is 5.14 Å². The van der Waals surface area contributed by atoms with Crippen LogP contribution in [0.25, 0.3) is 0 Å². The van der Waals surface area contributed by atoms with Crippen LogP contribution >= 0.6 is 11.6 Å². The molecule has 1 heterocycles. The lowest BCUT2D eigenvalue weighted by atomic mass is 10.2. The summed E-state index contributed by atoms with van der Waals surface area (Å²) in [6.07, 6.45) is -0.357. The summed E-state index contributed by atoms with van der Waals surface area (Å²) >= 11 is 5.81. The van der Waals surface area contributed by atoms with Gasteiger partial charge in [0.25, 0.3) is 0 Å². The molecule has 1 aromatic rings. The van der Waals surface area contributed by atoms with Gasteiger partial charge in [0.1, 0.15) is 16.6 Å². The van der Waals surface area contributed by atoms with Gasteiger partial charge in [-0.1, -0.05) is 11.6 Å². The number of hydrogen-bond donors (Lipinski definition) is 1. The quantitative estimate of drug-likeness (QED) is 0.812. The third-order valence-electron chi connectivity index (χ3n) is 2.63. The van der Waals surface area contributed by atoms with Gasteiger partial charge in [-0.3, -0.25) is 0 Å². The standard InChI is InChI=1S/C11H12ClNO6S/c1-17-10-8(11(14)19-7-4-18-5-7)2-6(12)3-9(10)20(13,15)16/h2-3,7H,4-5H2,1H3,(H2,13,15,16). The molecule has 1 saturated heterocycles. The number of halogens is 1. The number of benzene rings is 1. The largest absolute Gasteiger partial charge is 0.494 e. The maximum Gasteiger partial charge on any atom is 0.342 e. The average Bonchev–Trinajstić information content (AvgIpc) is 2.31. The van der Waals surface area contributed by atoms with Crippen LogP contribution in [0.1, 0.15) is 10.4 Å². The number of esters is 1.